The second-order valence-electron chi connectivity index (χ2n) is 28.4. The second kappa shape index (κ2) is 20.1. The Kier molecular flexibility index (Phi) is 12.7. The molecule has 0 saturated heterocycles. The van der Waals surface area contributed by atoms with Crippen LogP contribution in [0.15, 0.2) is 229 Å². The molecule has 0 amide bonds. The number of aromatic nitrogens is 1. The van der Waals surface area contributed by atoms with E-state index < -0.39 is 5.41 Å². The molecular formula is C82H73N3OS2. The molecule has 0 N–H and O–H groups in total. The fourth-order valence-electron chi connectivity index (χ4n) is 13.8. The van der Waals surface area contributed by atoms with E-state index in [1.165, 1.54) is 96.0 Å². The Morgan fingerprint density at radius 2 is 0.852 bits per heavy atom. The number of fused-ring (bicyclic) bond motifs is 13. The standard InChI is InChI=1S/C82H73N3OS2/c1-78(2,3)50-25-34-56(35-26-50)84(57-36-27-51(28-37-57)79(4,5)6)59-40-42-63-66(47-59)82(53-32-43-72-65(45-53)61-20-15-18-24-71(61)87-72,54-31-41-62-60-19-14-17-23-70(60)88-73(62)46-54)67-48-68(77-76(75(63)67)64-21-13-16-22-69(64)86-77)85(58-38-29-52(30-39-58)80(7,8)9)74-44-33-55(49-83-74)81(10,11)12/h13-49H,1-12H3. The van der Waals surface area contributed by atoms with Crippen LogP contribution >= 0.6 is 22.7 Å². The first-order valence-electron chi connectivity index (χ1n) is 31.0. The first kappa shape index (κ1) is 55.7. The second-order valence-corrected chi connectivity index (χ2v) is 30.6. The van der Waals surface area contributed by atoms with Crippen molar-refractivity contribution in [3.63, 3.8) is 0 Å². The van der Waals surface area contributed by atoms with E-state index >= 15 is 0 Å². The van der Waals surface area contributed by atoms with Crippen LogP contribution in [0.25, 0.3) is 73.4 Å². The molecule has 0 aliphatic heterocycles. The number of furan rings is 1. The van der Waals surface area contributed by atoms with Crippen molar-refractivity contribution in [2.24, 2.45) is 0 Å². The molecule has 4 heterocycles. The lowest BCUT2D eigenvalue weighted by molar-refractivity contribution is 0.587. The number of hydrogen-bond acceptors (Lipinski definition) is 6. The summed E-state index contributed by atoms with van der Waals surface area (Å²) in [5, 5.41) is 7.22. The van der Waals surface area contributed by atoms with E-state index in [1.54, 1.807) is 0 Å². The van der Waals surface area contributed by atoms with E-state index in [2.05, 4.69) is 317 Å². The van der Waals surface area contributed by atoms with Crippen molar-refractivity contribution in [1.29, 1.82) is 0 Å². The van der Waals surface area contributed by atoms with Gasteiger partial charge in [-0.15, -0.1) is 22.7 Å². The fourth-order valence-corrected chi connectivity index (χ4v) is 16.0. The van der Waals surface area contributed by atoms with Gasteiger partial charge in [0.2, 0.25) is 0 Å². The molecule has 0 spiro atoms. The van der Waals surface area contributed by atoms with Gasteiger partial charge in [0.15, 0.2) is 5.58 Å². The molecule has 15 rings (SSSR count). The summed E-state index contributed by atoms with van der Waals surface area (Å²) in [7, 11) is 0. The third-order valence-corrected chi connectivity index (χ3v) is 20.9. The third-order valence-electron chi connectivity index (χ3n) is 18.6. The Labute approximate surface area is 525 Å². The zero-order valence-corrected chi connectivity index (χ0v) is 54.1. The molecule has 1 atom stereocenters. The van der Waals surface area contributed by atoms with Crippen LogP contribution in [-0.4, -0.2) is 4.98 Å². The van der Waals surface area contributed by atoms with E-state index in [-0.39, 0.29) is 21.7 Å². The van der Waals surface area contributed by atoms with Crippen LogP contribution < -0.4 is 9.80 Å². The molecule has 88 heavy (non-hydrogen) atoms. The summed E-state index contributed by atoms with van der Waals surface area (Å²) >= 11 is 3.75. The van der Waals surface area contributed by atoms with Gasteiger partial charge in [0, 0.05) is 80.1 Å². The molecular weight excluding hydrogens is 1110 g/mol. The maximum absolute atomic E-state index is 7.44. The third kappa shape index (κ3) is 9.00. The molecule has 6 heteroatoms. The lowest BCUT2D eigenvalue weighted by Crippen LogP contribution is -2.29. The summed E-state index contributed by atoms with van der Waals surface area (Å²) in [5.41, 5.74) is 17.9. The van der Waals surface area contributed by atoms with Crippen LogP contribution in [0.4, 0.5) is 34.3 Å². The highest BCUT2D eigenvalue weighted by Crippen LogP contribution is 2.63. The normalized spacial score (nSPS) is 14.6. The van der Waals surface area contributed by atoms with Crippen LogP contribution in [0.1, 0.15) is 128 Å². The highest BCUT2D eigenvalue weighted by atomic mass is 32.1. The Balaban J connectivity index is 1.10. The first-order chi connectivity index (χ1) is 42.1. The van der Waals surface area contributed by atoms with Crippen LogP contribution in [0.2, 0.25) is 0 Å². The van der Waals surface area contributed by atoms with E-state index in [9.17, 15) is 0 Å². The number of rotatable bonds is 8. The maximum atomic E-state index is 7.44. The van der Waals surface area contributed by atoms with Gasteiger partial charge in [-0.3, -0.25) is 4.90 Å². The number of nitrogens with zero attached hydrogens (tertiary/aromatic N) is 3. The number of para-hydroxylation sites is 1. The highest BCUT2D eigenvalue weighted by Gasteiger charge is 2.49. The van der Waals surface area contributed by atoms with Crippen molar-refractivity contribution in [3.05, 3.63) is 269 Å². The largest absolute Gasteiger partial charge is 0.454 e. The van der Waals surface area contributed by atoms with Crippen LogP contribution in [-0.2, 0) is 27.1 Å². The summed E-state index contributed by atoms with van der Waals surface area (Å²) in [6.45, 7) is 27.4. The summed E-state index contributed by atoms with van der Waals surface area (Å²) in [6, 6.07) is 83.2. The lowest BCUT2D eigenvalue weighted by Gasteiger charge is -2.36. The number of pyridine rings is 1. The van der Waals surface area contributed by atoms with E-state index in [0.717, 1.165) is 56.2 Å². The van der Waals surface area contributed by atoms with Crippen molar-refractivity contribution in [2.45, 2.75) is 110 Å². The number of benzene rings is 10. The number of thiophene rings is 2. The van der Waals surface area contributed by atoms with Gasteiger partial charge in [0.05, 0.1) is 11.1 Å². The van der Waals surface area contributed by atoms with Crippen molar-refractivity contribution in [2.75, 3.05) is 9.80 Å². The molecule has 1 aliphatic rings. The SMILES string of the molecule is CC(C)(C)c1ccc(N(c2ccc(C(C)(C)C)cc2)c2ccc3c(c2)C(c2ccc4c(c2)sc2ccccc24)(c2ccc4sc5ccccc5c4c2)c2cc(N(c4ccc(C(C)(C)C)cc4)c4ccc(C(C)(C)C)cn4)c4oc5ccccc5c4c2-3)cc1. The maximum Gasteiger partial charge on any atom is 0.160 e. The summed E-state index contributed by atoms with van der Waals surface area (Å²) in [6.07, 6.45) is 2.07. The van der Waals surface area contributed by atoms with Gasteiger partial charge in [0.25, 0.3) is 0 Å². The zero-order chi connectivity index (χ0) is 60.8. The van der Waals surface area contributed by atoms with Crippen molar-refractivity contribution in [1.82, 2.24) is 4.98 Å². The molecule has 1 unspecified atom stereocenters. The minimum atomic E-state index is -0.910. The van der Waals surface area contributed by atoms with Gasteiger partial charge >= 0.3 is 0 Å². The molecule has 10 aromatic carbocycles. The smallest absolute Gasteiger partial charge is 0.160 e. The van der Waals surface area contributed by atoms with E-state index in [1.807, 2.05) is 22.7 Å². The molecule has 4 aromatic heterocycles. The Morgan fingerprint density at radius 1 is 0.375 bits per heavy atom. The van der Waals surface area contributed by atoms with Crippen molar-refractivity contribution >= 4 is 119 Å². The highest BCUT2D eigenvalue weighted by molar-refractivity contribution is 7.26. The minimum absolute atomic E-state index is 0.0140. The topological polar surface area (TPSA) is 32.5 Å². The molecule has 0 radical (unpaired) electrons. The molecule has 0 fully saturated rings. The lowest BCUT2D eigenvalue weighted by atomic mass is 9.67. The summed E-state index contributed by atoms with van der Waals surface area (Å²) < 4.78 is 12.5. The predicted molar refractivity (Wildman–Crippen MR) is 379 cm³/mol. The van der Waals surface area contributed by atoms with E-state index in [0.29, 0.717) is 0 Å². The Bertz CT molecular complexity index is 4940. The zero-order valence-electron chi connectivity index (χ0n) is 52.4. The van der Waals surface area contributed by atoms with Gasteiger partial charge in [-0.05, 0) is 174 Å². The summed E-state index contributed by atoms with van der Waals surface area (Å²) in [5.74, 6) is 0.810. The molecule has 1 aliphatic carbocycles. The van der Waals surface area contributed by atoms with Crippen molar-refractivity contribution < 1.29 is 4.42 Å². The molecule has 0 bridgehead atoms. The molecule has 0 saturated carbocycles. The van der Waals surface area contributed by atoms with Gasteiger partial charge < -0.3 is 9.32 Å². The van der Waals surface area contributed by atoms with E-state index in [4.69, 9.17) is 9.40 Å². The Hall–Kier alpha value is -8.81. The predicted octanol–water partition coefficient (Wildman–Crippen LogP) is 24.2. The monoisotopic (exact) mass is 1180 g/mol. The average Bonchev–Trinajstić information content (AvgIpc) is 1.51. The minimum Gasteiger partial charge on any atom is -0.454 e. The Morgan fingerprint density at radius 3 is 1.43 bits per heavy atom. The van der Waals surface area contributed by atoms with Crippen molar-refractivity contribution in [3.8, 4) is 11.1 Å². The molecule has 14 aromatic rings. The van der Waals surface area contributed by atoms with Crippen LogP contribution in [0.5, 0.6) is 0 Å². The van der Waals surface area contributed by atoms with Crippen LogP contribution in [0.3, 0.4) is 0 Å². The molecule has 434 valence electrons. The van der Waals surface area contributed by atoms with Gasteiger partial charge in [-0.25, -0.2) is 4.98 Å². The van der Waals surface area contributed by atoms with Crippen LogP contribution in [0, 0.1) is 0 Å². The quantitative estimate of drug-likeness (QED) is 0.152. The number of hydrogen-bond donors (Lipinski definition) is 0. The fraction of sp³-hybridized carbons (Fsp3) is 0.207. The van der Waals surface area contributed by atoms with Gasteiger partial charge in [-0.2, -0.15) is 0 Å². The van der Waals surface area contributed by atoms with Gasteiger partial charge in [0.1, 0.15) is 11.4 Å². The van der Waals surface area contributed by atoms with Gasteiger partial charge in [-0.1, -0.05) is 204 Å². The molecule has 4 nitrogen and oxygen atoms in total. The summed E-state index contributed by atoms with van der Waals surface area (Å²) in [4.78, 5) is 10.3. The first-order valence-corrected chi connectivity index (χ1v) is 32.6. The number of anilines is 6. The average molecular weight is 1180 g/mol.